The Labute approximate surface area is 190 Å². The third-order valence-corrected chi connectivity index (χ3v) is 8.23. The Bertz CT molecular complexity index is 916. The smallest absolute Gasteiger partial charge is 0.338 e. The number of carbonyl (C=O) groups is 2. The SMILES string of the molecule is COc1ccc(C(=O)OC(C)C(=O)N2CCC(C)CC2)cc1S(=O)(=O)N1CCCCCC1. The summed E-state index contributed by atoms with van der Waals surface area (Å²) in [7, 11) is -2.43. The van der Waals surface area contributed by atoms with E-state index in [1.165, 1.54) is 29.6 Å². The lowest BCUT2D eigenvalue weighted by Gasteiger charge is -2.31. The minimum absolute atomic E-state index is 0.0552. The van der Waals surface area contributed by atoms with Crippen molar-refractivity contribution in [2.24, 2.45) is 5.92 Å². The average molecular weight is 467 g/mol. The van der Waals surface area contributed by atoms with Gasteiger partial charge < -0.3 is 14.4 Å². The van der Waals surface area contributed by atoms with Crippen LogP contribution in [0.15, 0.2) is 23.1 Å². The molecular formula is C23H34N2O6S. The van der Waals surface area contributed by atoms with Crippen LogP contribution in [-0.4, -0.2) is 68.9 Å². The number of methoxy groups -OCH3 is 1. The highest BCUT2D eigenvalue weighted by atomic mass is 32.2. The molecule has 178 valence electrons. The predicted octanol–water partition coefficient (Wildman–Crippen LogP) is 3.06. The molecule has 0 bridgehead atoms. The van der Waals surface area contributed by atoms with E-state index < -0.39 is 22.1 Å². The van der Waals surface area contributed by atoms with E-state index in [-0.39, 0.29) is 22.1 Å². The largest absolute Gasteiger partial charge is 0.495 e. The number of esters is 1. The molecule has 2 aliphatic rings. The second kappa shape index (κ2) is 10.7. The summed E-state index contributed by atoms with van der Waals surface area (Å²) in [5.41, 5.74) is 0.0751. The van der Waals surface area contributed by atoms with Gasteiger partial charge in [-0.1, -0.05) is 19.8 Å². The van der Waals surface area contributed by atoms with E-state index in [0.29, 0.717) is 32.1 Å². The van der Waals surface area contributed by atoms with Crippen LogP contribution in [0.3, 0.4) is 0 Å². The van der Waals surface area contributed by atoms with Crippen molar-refractivity contribution in [2.75, 3.05) is 33.3 Å². The molecule has 1 aromatic rings. The van der Waals surface area contributed by atoms with Crippen LogP contribution < -0.4 is 4.74 Å². The number of amides is 1. The molecule has 1 amide bonds. The summed E-state index contributed by atoms with van der Waals surface area (Å²) in [6, 6.07) is 4.21. The Morgan fingerprint density at radius 3 is 2.25 bits per heavy atom. The van der Waals surface area contributed by atoms with E-state index >= 15 is 0 Å². The number of hydrogen-bond acceptors (Lipinski definition) is 6. The number of sulfonamides is 1. The van der Waals surface area contributed by atoms with Crippen molar-refractivity contribution >= 4 is 21.9 Å². The van der Waals surface area contributed by atoms with Crippen molar-refractivity contribution in [1.82, 2.24) is 9.21 Å². The second-order valence-electron chi connectivity index (χ2n) is 8.74. The zero-order valence-corrected chi connectivity index (χ0v) is 20.0. The molecule has 1 atom stereocenters. The van der Waals surface area contributed by atoms with Gasteiger partial charge in [-0.25, -0.2) is 13.2 Å². The molecule has 2 saturated heterocycles. The van der Waals surface area contributed by atoms with Gasteiger partial charge in [0.2, 0.25) is 10.0 Å². The van der Waals surface area contributed by atoms with Gasteiger partial charge >= 0.3 is 5.97 Å². The minimum Gasteiger partial charge on any atom is -0.495 e. The number of nitrogens with zero attached hydrogens (tertiary/aromatic N) is 2. The fourth-order valence-electron chi connectivity index (χ4n) is 4.19. The first-order valence-corrected chi connectivity index (χ1v) is 12.9. The Hall–Kier alpha value is -2.13. The molecule has 9 heteroatoms. The molecule has 2 aliphatic heterocycles. The summed E-state index contributed by atoms with van der Waals surface area (Å²) in [6.45, 7) is 5.91. The first-order valence-electron chi connectivity index (χ1n) is 11.4. The number of ether oxygens (including phenoxy) is 2. The van der Waals surface area contributed by atoms with E-state index in [9.17, 15) is 18.0 Å². The topological polar surface area (TPSA) is 93.2 Å². The molecule has 0 aromatic heterocycles. The number of rotatable bonds is 6. The first-order chi connectivity index (χ1) is 15.2. The Balaban J connectivity index is 1.76. The highest BCUT2D eigenvalue weighted by molar-refractivity contribution is 7.89. The number of hydrogen-bond donors (Lipinski definition) is 0. The molecule has 0 spiro atoms. The lowest BCUT2D eigenvalue weighted by atomic mass is 9.99. The Kier molecular flexibility index (Phi) is 8.16. The molecule has 32 heavy (non-hydrogen) atoms. The second-order valence-corrected chi connectivity index (χ2v) is 10.6. The maximum atomic E-state index is 13.3. The average Bonchev–Trinajstić information content (AvgIpc) is 3.09. The summed E-state index contributed by atoms with van der Waals surface area (Å²) in [4.78, 5) is 27.1. The molecular weight excluding hydrogens is 432 g/mol. The van der Waals surface area contributed by atoms with Crippen molar-refractivity contribution < 1.29 is 27.5 Å². The molecule has 1 unspecified atom stereocenters. The van der Waals surface area contributed by atoms with Gasteiger partial charge in [-0.05, 0) is 56.7 Å². The highest BCUT2D eigenvalue weighted by Crippen LogP contribution is 2.30. The van der Waals surface area contributed by atoms with Gasteiger partial charge in [0, 0.05) is 26.2 Å². The van der Waals surface area contributed by atoms with Gasteiger partial charge in [0.15, 0.2) is 6.10 Å². The first kappa shape index (κ1) is 24.5. The highest BCUT2D eigenvalue weighted by Gasteiger charge is 2.31. The fraction of sp³-hybridized carbons (Fsp3) is 0.652. The number of benzene rings is 1. The van der Waals surface area contributed by atoms with Crippen molar-refractivity contribution in [3.63, 3.8) is 0 Å². The summed E-state index contributed by atoms with van der Waals surface area (Å²) in [5.74, 6) is -0.194. The zero-order valence-electron chi connectivity index (χ0n) is 19.2. The van der Waals surface area contributed by atoms with Gasteiger partial charge in [-0.3, -0.25) is 4.79 Å². The number of likely N-dealkylation sites (tertiary alicyclic amines) is 1. The predicted molar refractivity (Wildman–Crippen MR) is 120 cm³/mol. The van der Waals surface area contributed by atoms with Crippen LogP contribution in [0.5, 0.6) is 5.75 Å². The van der Waals surface area contributed by atoms with Crippen molar-refractivity contribution in [3.8, 4) is 5.75 Å². The van der Waals surface area contributed by atoms with Crippen LogP contribution >= 0.6 is 0 Å². The molecule has 0 N–H and O–H groups in total. The maximum Gasteiger partial charge on any atom is 0.338 e. The Morgan fingerprint density at radius 1 is 1.03 bits per heavy atom. The molecule has 3 rings (SSSR count). The zero-order chi connectivity index (χ0) is 23.3. The van der Waals surface area contributed by atoms with E-state index in [1.807, 2.05) is 0 Å². The Morgan fingerprint density at radius 2 is 1.66 bits per heavy atom. The molecule has 2 fully saturated rings. The lowest BCUT2D eigenvalue weighted by molar-refractivity contribution is -0.141. The molecule has 8 nitrogen and oxygen atoms in total. The number of piperidine rings is 1. The summed E-state index contributed by atoms with van der Waals surface area (Å²) in [5, 5.41) is 0. The van der Waals surface area contributed by atoms with E-state index in [0.717, 1.165) is 38.5 Å². The normalized spacial score (nSPS) is 19.8. The van der Waals surface area contributed by atoms with Crippen molar-refractivity contribution in [2.45, 2.75) is 63.4 Å². The van der Waals surface area contributed by atoms with Crippen molar-refractivity contribution in [1.29, 1.82) is 0 Å². The summed E-state index contributed by atoms with van der Waals surface area (Å²) in [6.07, 6.45) is 4.53. The van der Waals surface area contributed by atoms with Gasteiger partial charge in [0.1, 0.15) is 10.6 Å². The quantitative estimate of drug-likeness (QED) is 0.598. The monoisotopic (exact) mass is 466 g/mol. The third-order valence-electron chi connectivity index (χ3n) is 6.31. The number of carbonyl (C=O) groups excluding carboxylic acids is 2. The van der Waals surface area contributed by atoms with Crippen LogP contribution in [0.2, 0.25) is 0 Å². The van der Waals surface area contributed by atoms with Crippen LogP contribution in [0.25, 0.3) is 0 Å². The van der Waals surface area contributed by atoms with Crippen LogP contribution in [-0.2, 0) is 19.6 Å². The molecule has 1 aromatic carbocycles. The van der Waals surface area contributed by atoms with Gasteiger partial charge in [-0.15, -0.1) is 0 Å². The molecule has 0 saturated carbocycles. The van der Waals surface area contributed by atoms with Crippen LogP contribution in [0, 0.1) is 5.92 Å². The fourth-order valence-corrected chi connectivity index (χ4v) is 5.89. The standard InChI is InChI=1S/C23H34N2O6S/c1-17-10-14-24(15-11-17)22(26)18(2)31-23(27)19-8-9-20(30-3)21(16-19)32(28,29)25-12-6-4-5-7-13-25/h8-9,16-18H,4-7,10-15H2,1-3H3. The van der Waals surface area contributed by atoms with Gasteiger partial charge in [0.05, 0.1) is 12.7 Å². The van der Waals surface area contributed by atoms with E-state index in [2.05, 4.69) is 6.92 Å². The van der Waals surface area contributed by atoms with Crippen LogP contribution in [0.4, 0.5) is 0 Å². The van der Waals surface area contributed by atoms with E-state index in [4.69, 9.17) is 9.47 Å². The molecule has 2 heterocycles. The summed E-state index contributed by atoms with van der Waals surface area (Å²) >= 11 is 0. The van der Waals surface area contributed by atoms with Gasteiger partial charge in [0.25, 0.3) is 5.91 Å². The maximum absolute atomic E-state index is 13.3. The molecule has 0 radical (unpaired) electrons. The minimum atomic E-state index is -3.83. The third kappa shape index (κ3) is 5.61. The van der Waals surface area contributed by atoms with Crippen LogP contribution in [0.1, 0.15) is 62.7 Å². The van der Waals surface area contributed by atoms with E-state index in [1.54, 1.807) is 11.8 Å². The molecule has 0 aliphatic carbocycles. The summed E-state index contributed by atoms with van der Waals surface area (Å²) < 4.78 is 38.7. The lowest BCUT2D eigenvalue weighted by Crippen LogP contribution is -2.44. The van der Waals surface area contributed by atoms with Gasteiger partial charge in [-0.2, -0.15) is 4.31 Å². The van der Waals surface area contributed by atoms with Crippen molar-refractivity contribution in [3.05, 3.63) is 23.8 Å².